The maximum absolute atomic E-state index is 6.50. The van der Waals surface area contributed by atoms with Crippen molar-refractivity contribution in [3.63, 3.8) is 0 Å². The largest absolute Gasteiger partial charge is 0.455 e. The Bertz CT molecular complexity index is 2770. The van der Waals surface area contributed by atoms with Crippen molar-refractivity contribution in [2.24, 2.45) is 0 Å². The Morgan fingerprint density at radius 3 is 1.68 bits per heavy atom. The number of fused-ring (bicyclic) bond motifs is 8. The maximum atomic E-state index is 6.50. The van der Waals surface area contributed by atoms with Gasteiger partial charge in [0, 0.05) is 43.9 Å². The normalized spacial score (nSPS) is 11.8. The maximum Gasteiger partial charge on any atom is 0.143 e. The lowest BCUT2D eigenvalue weighted by Crippen LogP contribution is -2.01. The van der Waals surface area contributed by atoms with Crippen LogP contribution in [0.4, 0.5) is 0 Å². The fourth-order valence-corrected chi connectivity index (χ4v) is 7.43. The van der Waals surface area contributed by atoms with Gasteiger partial charge in [0.25, 0.3) is 0 Å². The summed E-state index contributed by atoms with van der Waals surface area (Å²) in [5.41, 5.74) is 12.3. The molecule has 0 aliphatic carbocycles. The standard InChI is InChI=1S/C44H28N2O/c1-4-13-29(14-5-1)34-20-12-21-35-37-27-31(24-26-41(37)47-43(34)35)30-23-25-40-38(28-30)42-36-19-10-11-22-39(36)45(32-15-6-2-7-16-32)44(42)46(40)33-17-8-3-9-18-33/h1-28H. The summed E-state index contributed by atoms with van der Waals surface area (Å²) in [6.45, 7) is 0. The predicted molar refractivity (Wildman–Crippen MR) is 196 cm³/mol. The second kappa shape index (κ2) is 10.1. The molecule has 3 aromatic heterocycles. The summed E-state index contributed by atoms with van der Waals surface area (Å²) in [5, 5.41) is 5.99. The van der Waals surface area contributed by atoms with Crippen LogP contribution >= 0.6 is 0 Å². The molecule has 3 heteroatoms. The first-order chi connectivity index (χ1) is 23.3. The minimum atomic E-state index is 0.900. The Hall–Kier alpha value is -6.32. The van der Waals surface area contributed by atoms with Gasteiger partial charge in [-0.2, -0.15) is 0 Å². The van der Waals surface area contributed by atoms with E-state index in [2.05, 4.69) is 173 Å². The molecule has 0 unspecified atom stereocenters. The van der Waals surface area contributed by atoms with E-state index in [-0.39, 0.29) is 0 Å². The van der Waals surface area contributed by atoms with Crippen LogP contribution in [-0.4, -0.2) is 9.13 Å². The SMILES string of the molecule is c1ccc(-c2cccc3c2oc2ccc(-c4ccc5c(c4)c4c6ccccc6n(-c6ccccc6)c4n5-c4ccccc4)cc23)cc1. The molecule has 0 aliphatic heterocycles. The molecule has 0 saturated heterocycles. The Balaban J connectivity index is 1.24. The van der Waals surface area contributed by atoms with Crippen molar-refractivity contribution in [3.8, 4) is 33.6 Å². The van der Waals surface area contributed by atoms with E-state index in [0.717, 1.165) is 44.4 Å². The number of hydrogen-bond acceptors (Lipinski definition) is 1. The Labute approximate surface area is 271 Å². The molecular weight excluding hydrogens is 572 g/mol. The lowest BCUT2D eigenvalue weighted by Gasteiger charge is -2.13. The molecule has 0 N–H and O–H groups in total. The number of nitrogens with zero attached hydrogens (tertiary/aromatic N) is 2. The van der Waals surface area contributed by atoms with Gasteiger partial charge in [-0.05, 0) is 71.3 Å². The number of para-hydroxylation sites is 4. The first-order valence-electron chi connectivity index (χ1n) is 16.0. The van der Waals surface area contributed by atoms with E-state index in [4.69, 9.17) is 4.42 Å². The summed E-state index contributed by atoms with van der Waals surface area (Å²) in [6.07, 6.45) is 0. The van der Waals surface area contributed by atoms with Crippen LogP contribution in [0.3, 0.4) is 0 Å². The smallest absolute Gasteiger partial charge is 0.143 e. The van der Waals surface area contributed by atoms with Crippen molar-refractivity contribution in [1.29, 1.82) is 0 Å². The van der Waals surface area contributed by atoms with Crippen LogP contribution in [0.25, 0.3) is 88.4 Å². The van der Waals surface area contributed by atoms with Gasteiger partial charge in [-0.25, -0.2) is 0 Å². The fraction of sp³-hybridized carbons (Fsp3) is 0. The second-order valence-electron chi connectivity index (χ2n) is 12.2. The molecule has 0 atom stereocenters. The minimum Gasteiger partial charge on any atom is -0.455 e. The van der Waals surface area contributed by atoms with Crippen molar-refractivity contribution < 1.29 is 4.42 Å². The van der Waals surface area contributed by atoms with Crippen LogP contribution in [0.2, 0.25) is 0 Å². The monoisotopic (exact) mass is 600 g/mol. The van der Waals surface area contributed by atoms with Crippen LogP contribution in [-0.2, 0) is 0 Å². The lowest BCUT2D eigenvalue weighted by atomic mass is 9.99. The number of aromatic nitrogens is 2. The average Bonchev–Trinajstić information content (AvgIpc) is 3.79. The van der Waals surface area contributed by atoms with Gasteiger partial charge in [-0.15, -0.1) is 0 Å². The lowest BCUT2D eigenvalue weighted by molar-refractivity contribution is 0.670. The van der Waals surface area contributed by atoms with Crippen LogP contribution < -0.4 is 0 Å². The highest BCUT2D eigenvalue weighted by Crippen LogP contribution is 2.43. The molecule has 0 radical (unpaired) electrons. The first kappa shape index (κ1) is 26.0. The van der Waals surface area contributed by atoms with Crippen molar-refractivity contribution in [2.75, 3.05) is 0 Å². The minimum absolute atomic E-state index is 0.900. The molecule has 0 spiro atoms. The van der Waals surface area contributed by atoms with Gasteiger partial charge in [0.15, 0.2) is 0 Å². The molecular formula is C44H28N2O. The van der Waals surface area contributed by atoms with E-state index in [1.807, 2.05) is 6.07 Å². The van der Waals surface area contributed by atoms with Crippen LogP contribution in [0, 0.1) is 0 Å². The highest BCUT2D eigenvalue weighted by molar-refractivity contribution is 6.23. The van der Waals surface area contributed by atoms with E-state index in [0.29, 0.717) is 0 Å². The predicted octanol–water partition coefficient (Wildman–Crippen LogP) is 12.0. The van der Waals surface area contributed by atoms with Crippen molar-refractivity contribution >= 4 is 54.8 Å². The summed E-state index contributed by atoms with van der Waals surface area (Å²) < 4.78 is 11.3. The molecule has 0 fully saturated rings. The summed E-state index contributed by atoms with van der Waals surface area (Å²) >= 11 is 0. The number of rotatable bonds is 4. The highest BCUT2D eigenvalue weighted by atomic mass is 16.3. The van der Waals surface area contributed by atoms with Gasteiger partial charge < -0.3 is 4.42 Å². The molecule has 220 valence electrons. The van der Waals surface area contributed by atoms with E-state index in [9.17, 15) is 0 Å². The summed E-state index contributed by atoms with van der Waals surface area (Å²) in [5.74, 6) is 0. The van der Waals surface area contributed by atoms with Crippen molar-refractivity contribution in [1.82, 2.24) is 9.13 Å². The van der Waals surface area contributed by atoms with Crippen LogP contribution in [0.15, 0.2) is 174 Å². The molecule has 0 saturated carbocycles. The van der Waals surface area contributed by atoms with Crippen LogP contribution in [0.5, 0.6) is 0 Å². The number of benzene rings is 7. The van der Waals surface area contributed by atoms with Gasteiger partial charge in [0.1, 0.15) is 16.8 Å². The third kappa shape index (κ3) is 3.87. The summed E-state index contributed by atoms with van der Waals surface area (Å²) in [6, 6.07) is 60.6. The second-order valence-corrected chi connectivity index (χ2v) is 12.2. The van der Waals surface area contributed by atoms with Crippen LogP contribution in [0.1, 0.15) is 0 Å². The quantitative estimate of drug-likeness (QED) is 0.197. The molecule has 0 aliphatic rings. The molecule has 0 amide bonds. The van der Waals surface area contributed by atoms with Crippen molar-refractivity contribution in [3.05, 3.63) is 170 Å². The first-order valence-corrected chi connectivity index (χ1v) is 16.0. The molecule has 7 aromatic carbocycles. The Morgan fingerprint density at radius 2 is 0.957 bits per heavy atom. The van der Waals surface area contributed by atoms with Gasteiger partial charge in [-0.1, -0.05) is 115 Å². The third-order valence-corrected chi connectivity index (χ3v) is 9.51. The van der Waals surface area contributed by atoms with Gasteiger partial charge in [0.05, 0.1) is 11.0 Å². The topological polar surface area (TPSA) is 23.0 Å². The molecule has 3 heterocycles. The number of hydrogen-bond donors (Lipinski definition) is 0. The zero-order valence-corrected chi connectivity index (χ0v) is 25.5. The summed E-state index contributed by atoms with van der Waals surface area (Å²) in [7, 11) is 0. The zero-order valence-electron chi connectivity index (χ0n) is 25.5. The zero-order chi connectivity index (χ0) is 30.9. The summed E-state index contributed by atoms with van der Waals surface area (Å²) in [4.78, 5) is 0. The molecule has 3 nitrogen and oxygen atoms in total. The van der Waals surface area contributed by atoms with Gasteiger partial charge in [-0.3, -0.25) is 9.13 Å². The fourth-order valence-electron chi connectivity index (χ4n) is 7.43. The van der Waals surface area contributed by atoms with E-state index < -0.39 is 0 Å². The molecule has 47 heavy (non-hydrogen) atoms. The third-order valence-electron chi connectivity index (χ3n) is 9.51. The molecule has 10 rings (SSSR count). The van der Waals surface area contributed by atoms with E-state index >= 15 is 0 Å². The van der Waals surface area contributed by atoms with Gasteiger partial charge >= 0.3 is 0 Å². The van der Waals surface area contributed by atoms with E-state index in [1.165, 1.54) is 44.0 Å². The average molecular weight is 601 g/mol. The molecule has 10 aromatic rings. The van der Waals surface area contributed by atoms with E-state index in [1.54, 1.807) is 0 Å². The van der Waals surface area contributed by atoms with Crippen molar-refractivity contribution in [2.45, 2.75) is 0 Å². The Morgan fingerprint density at radius 1 is 0.383 bits per heavy atom. The molecule has 0 bridgehead atoms. The van der Waals surface area contributed by atoms with Gasteiger partial charge in [0.2, 0.25) is 0 Å². The Kier molecular flexibility index (Phi) is 5.57. The number of furan rings is 1. The highest BCUT2D eigenvalue weighted by Gasteiger charge is 2.22.